The van der Waals surface area contributed by atoms with Crippen molar-refractivity contribution in [3.05, 3.63) is 82.4 Å². The monoisotopic (exact) mass is 653 g/mol. The van der Waals surface area contributed by atoms with E-state index in [-0.39, 0.29) is 28.5 Å². The van der Waals surface area contributed by atoms with Gasteiger partial charge in [0.15, 0.2) is 11.5 Å². The molecule has 0 spiro atoms. The lowest BCUT2D eigenvalue weighted by Crippen LogP contribution is -2.50. The zero-order valence-electron chi connectivity index (χ0n) is 26.3. The first-order valence-electron chi connectivity index (χ1n) is 14.3. The van der Waals surface area contributed by atoms with Crippen molar-refractivity contribution in [1.29, 1.82) is 0 Å². The Morgan fingerprint density at radius 2 is 1.57 bits per heavy atom. The van der Waals surface area contributed by atoms with E-state index in [4.69, 9.17) is 35.3 Å². The van der Waals surface area contributed by atoms with Gasteiger partial charge in [-0.15, -0.1) is 0 Å². The molecule has 244 valence electrons. The van der Waals surface area contributed by atoms with Crippen LogP contribution >= 0.6 is 11.6 Å². The molecular weight excluding hydrogens is 618 g/mol. The van der Waals surface area contributed by atoms with Crippen LogP contribution in [0.15, 0.2) is 60.7 Å². The molecule has 46 heavy (non-hydrogen) atoms. The molecule has 3 aromatic carbocycles. The number of hydrogen-bond acceptors (Lipinski definition) is 9. The van der Waals surface area contributed by atoms with E-state index in [1.165, 1.54) is 27.4 Å². The van der Waals surface area contributed by atoms with Crippen LogP contribution in [0, 0.1) is 0 Å². The Labute approximate surface area is 271 Å². The van der Waals surface area contributed by atoms with Crippen molar-refractivity contribution >= 4 is 35.5 Å². The van der Waals surface area contributed by atoms with Gasteiger partial charge in [-0.1, -0.05) is 35.9 Å². The Morgan fingerprint density at radius 3 is 2.17 bits per heavy atom. The van der Waals surface area contributed by atoms with Gasteiger partial charge in [-0.2, -0.15) is 0 Å². The molecule has 4 bridgehead atoms. The molecule has 0 fully saturated rings. The third-order valence-electron chi connectivity index (χ3n) is 6.90. The maximum absolute atomic E-state index is 14.1. The third-order valence-corrected chi connectivity index (χ3v) is 7.20. The van der Waals surface area contributed by atoms with Gasteiger partial charge in [-0.3, -0.25) is 9.59 Å². The summed E-state index contributed by atoms with van der Waals surface area (Å²) in [5.74, 6) is -0.890. The van der Waals surface area contributed by atoms with E-state index < -0.39 is 47.6 Å². The van der Waals surface area contributed by atoms with E-state index in [1.54, 1.807) is 75.4 Å². The number of carbonyl (C=O) groups excluding carboxylic acids is 4. The molecule has 2 heterocycles. The highest BCUT2D eigenvalue weighted by molar-refractivity contribution is 6.32. The van der Waals surface area contributed by atoms with Crippen molar-refractivity contribution in [1.82, 2.24) is 16.0 Å². The zero-order valence-corrected chi connectivity index (χ0v) is 27.0. The van der Waals surface area contributed by atoms with Gasteiger partial charge in [-0.25, -0.2) is 9.59 Å². The summed E-state index contributed by atoms with van der Waals surface area (Å²) in [6.45, 7) is 5.05. The minimum atomic E-state index is -1.38. The van der Waals surface area contributed by atoms with Crippen LogP contribution in [0.2, 0.25) is 5.02 Å². The van der Waals surface area contributed by atoms with Crippen LogP contribution in [-0.4, -0.2) is 56.8 Å². The fraction of sp³-hybridized carbons (Fsp3) is 0.333. The smallest absolute Gasteiger partial charge is 0.408 e. The average molecular weight is 654 g/mol. The molecule has 5 rings (SSSR count). The number of halogens is 1. The van der Waals surface area contributed by atoms with Crippen molar-refractivity contribution in [2.45, 2.75) is 50.9 Å². The predicted octanol–water partition coefficient (Wildman–Crippen LogP) is 4.79. The number of hydrogen-bond donors (Lipinski definition) is 3. The molecule has 3 N–H and O–H groups in total. The molecule has 0 unspecified atom stereocenters. The number of nitrogens with one attached hydrogen (secondary N) is 3. The summed E-state index contributed by atoms with van der Waals surface area (Å²) in [6, 6.07) is 12.2. The number of carbonyl (C=O) groups is 4. The highest BCUT2D eigenvalue weighted by Crippen LogP contribution is 2.38. The number of methoxy groups -OCH3 is 3. The third kappa shape index (κ3) is 8.39. The number of alkyl carbamates (subject to hydrolysis) is 1. The summed E-state index contributed by atoms with van der Waals surface area (Å²) >= 11 is 6.58. The summed E-state index contributed by atoms with van der Waals surface area (Å²) in [7, 11) is 4.15. The molecule has 3 atom stereocenters. The first-order valence-corrected chi connectivity index (χ1v) is 14.7. The number of amides is 3. The standard InChI is InChI=1S/C33H36ClN3O9/c1-33(2,3)46-32(41)37-28-20-10-14-25(43-5)26(17-20)45-24-13-7-18(15-22(24)34)16-23(31(40)44-6)35-29(38)27(36-30(28)39)19-8-11-21(42-4)12-9-19/h7-15,17,23,27-28H,16H2,1-6H3,(H,35,38)(H,36,39)(H,37,41)/t23-,27+,28+/m0/s1. The molecule has 12 nitrogen and oxygen atoms in total. The van der Waals surface area contributed by atoms with E-state index in [0.29, 0.717) is 22.6 Å². The summed E-state index contributed by atoms with van der Waals surface area (Å²) in [5, 5.41) is 8.24. The van der Waals surface area contributed by atoms with E-state index >= 15 is 0 Å². The van der Waals surface area contributed by atoms with Crippen LogP contribution in [0.4, 0.5) is 4.79 Å². The SMILES string of the molecule is COC(=O)[C@@H]1Cc2ccc(c(Cl)c2)Oc2cc(ccc2OC)[C@@H](NC(=O)OC(C)(C)C)C(=O)N[C@H](c2ccc(OC)cc2)C(=O)N1. The van der Waals surface area contributed by atoms with E-state index in [9.17, 15) is 19.2 Å². The van der Waals surface area contributed by atoms with Crippen molar-refractivity contribution < 1.29 is 42.9 Å². The van der Waals surface area contributed by atoms with Gasteiger partial charge in [0.25, 0.3) is 0 Å². The first kappa shape index (κ1) is 33.9. The second-order valence-corrected chi connectivity index (χ2v) is 11.8. The van der Waals surface area contributed by atoms with Gasteiger partial charge in [0.05, 0.1) is 26.4 Å². The molecule has 0 aromatic heterocycles. The van der Waals surface area contributed by atoms with Crippen molar-refractivity contribution in [2.75, 3.05) is 21.3 Å². The van der Waals surface area contributed by atoms with Gasteiger partial charge in [0, 0.05) is 6.42 Å². The van der Waals surface area contributed by atoms with Crippen molar-refractivity contribution in [3.63, 3.8) is 0 Å². The van der Waals surface area contributed by atoms with E-state index in [1.807, 2.05) is 0 Å². The molecular formula is C33H36ClN3O9. The molecule has 0 radical (unpaired) electrons. The minimum absolute atomic E-state index is 0.0172. The zero-order chi connectivity index (χ0) is 33.6. The Balaban J connectivity index is 1.88. The Bertz CT molecular complexity index is 1600. The van der Waals surface area contributed by atoms with Gasteiger partial charge in [0.1, 0.15) is 35.2 Å². The minimum Gasteiger partial charge on any atom is -0.497 e. The Morgan fingerprint density at radius 1 is 0.870 bits per heavy atom. The summed E-state index contributed by atoms with van der Waals surface area (Å²) in [6.07, 6.45) is -0.862. The summed E-state index contributed by atoms with van der Waals surface area (Å²) in [4.78, 5) is 53.8. The Kier molecular flexibility index (Phi) is 10.6. The van der Waals surface area contributed by atoms with Crippen LogP contribution in [0.1, 0.15) is 49.5 Å². The Hall–Kier alpha value is -4.97. The van der Waals surface area contributed by atoms with Gasteiger partial charge in [-0.05, 0) is 73.9 Å². The quantitative estimate of drug-likeness (QED) is 0.330. The van der Waals surface area contributed by atoms with Gasteiger partial charge < -0.3 is 39.6 Å². The van der Waals surface area contributed by atoms with Gasteiger partial charge >= 0.3 is 12.1 Å². The molecule has 13 heteroatoms. The molecule has 0 saturated heterocycles. The number of ether oxygens (including phenoxy) is 5. The van der Waals surface area contributed by atoms with Gasteiger partial charge in [0.2, 0.25) is 11.8 Å². The molecule has 3 amide bonds. The van der Waals surface area contributed by atoms with Crippen LogP contribution in [0.5, 0.6) is 23.0 Å². The molecule has 0 saturated carbocycles. The summed E-state index contributed by atoms with van der Waals surface area (Å²) in [5.41, 5.74) is 0.385. The lowest BCUT2D eigenvalue weighted by Gasteiger charge is -2.27. The largest absolute Gasteiger partial charge is 0.497 e. The average Bonchev–Trinajstić information content (AvgIpc) is 3.01. The topological polar surface area (TPSA) is 151 Å². The van der Waals surface area contributed by atoms with Crippen molar-refractivity contribution in [2.24, 2.45) is 0 Å². The van der Waals surface area contributed by atoms with Crippen LogP contribution in [0.3, 0.4) is 0 Å². The highest BCUT2D eigenvalue weighted by atomic mass is 35.5. The van der Waals surface area contributed by atoms with E-state index in [2.05, 4.69) is 16.0 Å². The maximum Gasteiger partial charge on any atom is 0.408 e. The lowest BCUT2D eigenvalue weighted by molar-refractivity contribution is -0.145. The fourth-order valence-electron chi connectivity index (χ4n) is 4.70. The predicted molar refractivity (Wildman–Crippen MR) is 168 cm³/mol. The molecule has 3 aromatic rings. The molecule has 0 aliphatic carbocycles. The second kappa shape index (κ2) is 14.4. The van der Waals surface area contributed by atoms with Crippen LogP contribution in [0.25, 0.3) is 0 Å². The maximum atomic E-state index is 14.1. The summed E-state index contributed by atoms with van der Waals surface area (Å²) < 4.78 is 27.3. The van der Waals surface area contributed by atoms with Crippen molar-refractivity contribution in [3.8, 4) is 23.0 Å². The number of fused-ring (bicyclic) bond motifs is 9. The molecule has 2 aliphatic heterocycles. The number of esters is 1. The highest BCUT2D eigenvalue weighted by Gasteiger charge is 2.33. The number of rotatable bonds is 5. The van der Waals surface area contributed by atoms with Crippen LogP contribution in [-0.2, 0) is 30.3 Å². The fourth-order valence-corrected chi connectivity index (χ4v) is 4.94. The second-order valence-electron chi connectivity index (χ2n) is 11.4. The number of benzene rings is 3. The first-order chi connectivity index (χ1) is 21.8. The molecule has 2 aliphatic rings. The lowest BCUT2D eigenvalue weighted by atomic mass is 10.0. The van der Waals surface area contributed by atoms with E-state index in [0.717, 1.165) is 0 Å². The van der Waals surface area contributed by atoms with Crippen LogP contribution < -0.4 is 30.2 Å². The normalized spacial score (nSPS) is 18.4.